The van der Waals surface area contributed by atoms with E-state index in [1.807, 2.05) is 4.90 Å². The van der Waals surface area contributed by atoms with E-state index in [9.17, 15) is 4.79 Å². The Morgan fingerprint density at radius 3 is 2.73 bits per heavy atom. The molecule has 0 N–H and O–H groups in total. The first-order valence-corrected chi connectivity index (χ1v) is 12.1. The van der Waals surface area contributed by atoms with Gasteiger partial charge in [-0.2, -0.15) is 0 Å². The second kappa shape index (κ2) is 10.9. The SMILES string of the molecule is O=C(Cc1nncs1)N1CCN(Cc2cccc(OCCC3CCCCC3)c2)CC1. The molecule has 1 aliphatic carbocycles. The Morgan fingerprint density at radius 1 is 1.13 bits per heavy atom. The highest BCUT2D eigenvalue weighted by Gasteiger charge is 2.22. The van der Waals surface area contributed by atoms with Crippen molar-refractivity contribution in [3.05, 3.63) is 40.3 Å². The molecule has 7 heteroatoms. The molecule has 0 spiro atoms. The summed E-state index contributed by atoms with van der Waals surface area (Å²) in [4.78, 5) is 16.8. The summed E-state index contributed by atoms with van der Waals surface area (Å²) in [5, 5.41) is 8.58. The summed E-state index contributed by atoms with van der Waals surface area (Å²) >= 11 is 1.44. The lowest BCUT2D eigenvalue weighted by Gasteiger charge is -2.34. The van der Waals surface area contributed by atoms with Crippen LogP contribution in [-0.2, 0) is 17.8 Å². The second-order valence-corrected chi connectivity index (χ2v) is 9.37. The van der Waals surface area contributed by atoms with Gasteiger partial charge in [0.1, 0.15) is 16.3 Å². The zero-order valence-corrected chi connectivity index (χ0v) is 18.5. The highest BCUT2D eigenvalue weighted by molar-refractivity contribution is 7.09. The topological polar surface area (TPSA) is 58.6 Å². The van der Waals surface area contributed by atoms with Crippen molar-refractivity contribution in [3.8, 4) is 5.75 Å². The number of nitrogens with zero attached hydrogens (tertiary/aromatic N) is 4. The predicted octanol–water partition coefficient (Wildman–Crippen LogP) is 3.77. The number of aromatic nitrogens is 2. The Morgan fingerprint density at radius 2 is 1.97 bits per heavy atom. The molecule has 4 rings (SSSR count). The number of hydrogen-bond donors (Lipinski definition) is 0. The zero-order chi connectivity index (χ0) is 20.6. The van der Waals surface area contributed by atoms with Gasteiger partial charge >= 0.3 is 0 Å². The van der Waals surface area contributed by atoms with Crippen LogP contribution in [-0.4, -0.2) is 58.7 Å². The highest BCUT2D eigenvalue weighted by atomic mass is 32.1. The van der Waals surface area contributed by atoms with Gasteiger partial charge in [-0.15, -0.1) is 21.5 Å². The number of hydrogen-bond acceptors (Lipinski definition) is 6. The number of benzene rings is 1. The Bertz CT molecular complexity index is 784. The second-order valence-electron chi connectivity index (χ2n) is 8.45. The van der Waals surface area contributed by atoms with E-state index >= 15 is 0 Å². The lowest BCUT2D eigenvalue weighted by Crippen LogP contribution is -2.48. The molecule has 0 unspecified atom stereocenters. The molecule has 1 aromatic heterocycles. The summed E-state index contributed by atoms with van der Waals surface area (Å²) in [6.07, 6.45) is 8.48. The van der Waals surface area contributed by atoms with Crippen molar-refractivity contribution in [3.63, 3.8) is 0 Å². The number of carbonyl (C=O) groups is 1. The maximum absolute atomic E-state index is 12.4. The van der Waals surface area contributed by atoms with Crippen molar-refractivity contribution in [2.45, 2.75) is 51.5 Å². The van der Waals surface area contributed by atoms with E-state index in [0.717, 1.165) is 56.0 Å². The molecule has 0 bridgehead atoms. The van der Waals surface area contributed by atoms with Crippen molar-refractivity contribution >= 4 is 17.2 Å². The standard InChI is InChI=1S/C23H32N4O2S/c28-23(16-22-25-24-18-30-22)27-12-10-26(11-13-27)17-20-7-4-8-21(15-20)29-14-9-19-5-2-1-3-6-19/h4,7-8,15,18-19H,1-3,5-6,9-14,16-17H2. The average molecular weight is 429 g/mol. The zero-order valence-electron chi connectivity index (χ0n) is 17.7. The molecule has 0 atom stereocenters. The fraction of sp³-hybridized carbons (Fsp3) is 0.609. The summed E-state index contributed by atoms with van der Waals surface area (Å²) in [5.74, 6) is 1.99. The van der Waals surface area contributed by atoms with Crippen LogP contribution in [0.25, 0.3) is 0 Å². The lowest BCUT2D eigenvalue weighted by molar-refractivity contribution is -0.132. The third-order valence-electron chi connectivity index (χ3n) is 6.26. The molecule has 30 heavy (non-hydrogen) atoms. The van der Waals surface area contributed by atoms with Crippen molar-refractivity contribution in [2.24, 2.45) is 5.92 Å². The molecule has 1 amide bonds. The van der Waals surface area contributed by atoms with Gasteiger partial charge in [0.25, 0.3) is 0 Å². The molecule has 162 valence electrons. The molecule has 2 fully saturated rings. The monoisotopic (exact) mass is 428 g/mol. The van der Waals surface area contributed by atoms with E-state index in [1.165, 1.54) is 55.4 Å². The maximum atomic E-state index is 12.4. The van der Waals surface area contributed by atoms with E-state index in [-0.39, 0.29) is 5.91 Å². The predicted molar refractivity (Wildman–Crippen MR) is 119 cm³/mol. The van der Waals surface area contributed by atoms with Crippen molar-refractivity contribution < 1.29 is 9.53 Å². The third kappa shape index (κ3) is 6.25. The van der Waals surface area contributed by atoms with Crippen LogP contribution < -0.4 is 4.74 Å². The summed E-state index contributed by atoms with van der Waals surface area (Å²) < 4.78 is 6.06. The quantitative estimate of drug-likeness (QED) is 0.641. The van der Waals surface area contributed by atoms with E-state index in [2.05, 4.69) is 39.4 Å². The van der Waals surface area contributed by atoms with Gasteiger partial charge in [-0.3, -0.25) is 9.69 Å². The van der Waals surface area contributed by atoms with Crippen LogP contribution in [0.15, 0.2) is 29.8 Å². The van der Waals surface area contributed by atoms with E-state index in [1.54, 1.807) is 5.51 Å². The normalized spacial score (nSPS) is 18.5. The summed E-state index contributed by atoms with van der Waals surface area (Å²) in [6, 6.07) is 8.50. The van der Waals surface area contributed by atoms with Gasteiger partial charge in [-0.1, -0.05) is 44.2 Å². The van der Waals surface area contributed by atoms with Gasteiger partial charge in [0.2, 0.25) is 5.91 Å². The van der Waals surface area contributed by atoms with Gasteiger partial charge in [0.05, 0.1) is 13.0 Å². The molecule has 1 saturated heterocycles. The molecular weight excluding hydrogens is 396 g/mol. The van der Waals surface area contributed by atoms with Gasteiger partial charge < -0.3 is 9.64 Å². The van der Waals surface area contributed by atoms with Crippen LogP contribution in [0.1, 0.15) is 49.1 Å². The Balaban J connectivity index is 1.19. The smallest absolute Gasteiger partial charge is 0.229 e. The first-order chi connectivity index (χ1) is 14.8. The Hall–Kier alpha value is -1.99. The number of amides is 1. The Kier molecular flexibility index (Phi) is 7.70. The lowest BCUT2D eigenvalue weighted by atomic mass is 9.87. The average Bonchev–Trinajstić information content (AvgIpc) is 3.28. The summed E-state index contributed by atoms with van der Waals surface area (Å²) in [5.41, 5.74) is 2.95. The molecule has 6 nitrogen and oxygen atoms in total. The molecule has 2 aliphatic rings. The number of rotatable bonds is 8. The number of piperazine rings is 1. The van der Waals surface area contributed by atoms with E-state index in [4.69, 9.17) is 4.74 Å². The molecule has 1 saturated carbocycles. The minimum absolute atomic E-state index is 0.153. The van der Waals surface area contributed by atoms with E-state index in [0.29, 0.717) is 6.42 Å². The molecule has 0 radical (unpaired) electrons. The fourth-order valence-corrected chi connectivity index (χ4v) is 5.00. The number of ether oxygens (including phenoxy) is 1. The van der Waals surface area contributed by atoms with Crippen LogP contribution in [0.2, 0.25) is 0 Å². The largest absolute Gasteiger partial charge is 0.494 e. The van der Waals surface area contributed by atoms with Gasteiger partial charge in [-0.05, 0) is 30.0 Å². The molecular formula is C23H32N4O2S. The van der Waals surface area contributed by atoms with Crippen LogP contribution in [0.3, 0.4) is 0 Å². The molecule has 2 heterocycles. The van der Waals surface area contributed by atoms with E-state index < -0.39 is 0 Å². The summed E-state index contributed by atoms with van der Waals surface area (Å²) in [7, 11) is 0. The molecule has 1 aliphatic heterocycles. The minimum Gasteiger partial charge on any atom is -0.494 e. The third-order valence-corrected chi connectivity index (χ3v) is 6.95. The van der Waals surface area contributed by atoms with Crippen molar-refractivity contribution in [1.29, 1.82) is 0 Å². The van der Waals surface area contributed by atoms with Crippen molar-refractivity contribution in [2.75, 3.05) is 32.8 Å². The Labute approximate surface area is 183 Å². The molecule has 1 aromatic carbocycles. The molecule has 2 aromatic rings. The van der Waals surface area contributed by atoms with Gasteiger partial charge in [0.15, 0.2) is 0 Å². The van der Waals surface area contributed by atoms with Crippen LogP contribution in [0, 0.1) is 5.92 Å². The fourth-order valence-electron chi connectivity index (χ4n) is 4.48. The number of carbonyl (C=O) groups excluding carboxylic acids is 1. The highest BCUT2D eigenvalue weighted by Crippen LogP contribution is 2.26. The first-order valence-electron chi connectivity index (χ1n) is 11.2. The van der Waals surface area contributed by atoms with Crippen LogP contribution in [0.4, 0.5) is 0 Å². The maximum Gasteiger partial charge on any atom is 0.229 e. The summed E-state index contributed by atoms with van der Waals surface area (Å²) in [6.45, 7) is 5.06. The first kappa shape index (κ1) is 21.2. The van der Waals surface area contributed by atoms with Gasteiger partial charge in [-0.25, -0.2) is 0 Å². The van der Waals surface area contributed by atoms with Crippen LogP contribution in [0.5, 0.6) is 5.75 Å². The van der Waals surface area contributed by atoms with Gasteiger partial charge in [0, 0.05) is 32.7 Å². The van der Waals surface area contributed by atoms with Crippen LogP contribution >= 0.6 is 11.3 Å². The minimum atomic E-state index is 0.153. The van der Waals surface area contributed by atoms with Crippen molar-refractivity contribution in [1.82, 2.24) is 20.0 Å².